The molecular formula is C33H46FN5O4. The molecule has 2 amide bonds. The Morgan fingerprint density at radius 1 is 1.07 bits per heavy atom. The summed E-state index contributed by atoms with van der Waals surface area (Å²) in [6.07, 6.45) is 3.26. The second-order valence-electron chi connectivity index (χ2n) is 12.3. The largest absolute Gasteiger partial charge is 0.478 e. The van der Waals surface area contributed by atoms with Crippen LogP contribution in [0.2, 0.25) is 0 Å². The number of carboxylic acid groups (broad SMARTS) is 1. The van der Waals surface area contributed by atoms with E-state index in [1.165, 1.54) is 11.0 Å². The lowest BCUT2D eigenvalue weighted by atomic mass is 9.94. The molecule has 9 nitrogen and oxygen atoms in total. The van der Waals surface area contributed by atoms with Crippen molar-refractivity contribution in [3.63, 3.8) is 0 Å². The molecule has 0 saturated carbocycles. The molecule has 1 N–H and O–H groups in total. The molecule has 234 valence electrons. The maximum Gasteiger partial charge on any atom is 0.335 e. The molecule has 2 heterocycles. The predicted octanol–water partition coefficient (Wildman–Crippen LogP) is 4.20. The molecule has 0 bridgehead atoms. The molecule has 2 aromatic rings. The molecular weight excluding hydrogens is 549 g/mol. The van der Waals surface area contributed by atoms with Gasteiger partial charge < -0.3 is 19.8 Å². The number of hydrogen-bond acceptors (Lipinski definition) is 7. The number of carbonyl (C=O) groups is 3. The fourth-order valence-electron chi connectivity index (χ4n) is 6.32. The van der Waals surface area contributed by atoms with Crippen molar-refractivity contribution in [2.24, 2.45) is 5.92 Å². The molecule has 2 atom stereocenters. The summed E-state index contributed by atoms with van der Waals surface area (Å²) in [5, 5.41) is 9.14. The number of benzene rings is 2. The lowest BCUT2D eigenvalue weighted by molar-refractivity contribution is -0.117. The van der Waals surface area contributed by atoms with Crippen molar-refractivity contribution in [2.75, 3.05) is 69.7 Å². The highest BCUT2D eigenvalue weighted by Crippen LogP contribution is 2.29. The van der Waals surface area contributed by atoms with Crippen LogP contribution in [0, 0.1) is 18.7 Å². The first-order valence-corrected chi connectivity index (χ1v) is 15.3. The van der Waals surface area contributed by atoms with Crippen molar-refractivity contribution in [3.05, 3.63) is 58.9 Å². The van der Waals surface area contributed by atoms with Crippen LogP contribution in [-0.4, -0.2) is 110 Å². The van der Waals surface area contributed by atoms with Crippen molar-refractivity contribution < 1.29 is 23.9 Å². The molecule has 0 aliphatic carbocycles. The Morgan fingerprint density at radius 3 is 2.37 bits per heavy atom. The Bertz CT molecular complexity index is 1300. The first-order chi connectivity index (χ1) is 20.5. The highest BCUT2D eigenvalue weighted by Gasteiger charge is 2.31. The third-order valence-corrected chi connectivity index (χ3v) is 9.04. The van der Waals surface area contributed by atoms with Gasteiger partial charge in [0.25, 0.3) is 5.91 Å². The SMILES string of the molecule is CCC(C)N(C=O)C(=O)c1ccc(N2CCN(CC3CCN(c4ccc(C(=O)O)cc4F)CC3)C(CN(C)C)C2)cc1C. The van der Waals surface area contributed by atoms with E-state index in [-0.39, 0.29) is 17.5 Å². The zero-order valence-corrected chi connectivity index (χ0v) is 26.1. The number of nitrogens with zero attached hydrogens (tertiary/aromatic N) is 5. The third kappa shape index (κ3) is 7.72. The molecule has 4 rings (SSSR count). The molecule has 43 heavy (non-hydrogen) atoms. The van der Waals surface area contributed by atoms with Gasteiger partial charge in [-0.25, -0.2) is 9.18 Å². The van der Waals surface area contributed by atoms with Crippen molar-refractivity contribution in [1.29, 1.82) is 0 Å². The summed E-state index contributed by atoms with van der Waals surface area (Å²) >= 11 is 0. The van der Waals surface area contributed by atoms with Crippen LogP contribution in [0.25, 0.3) is 0 Å². The zero-order chi connectivity index (χ0) is 31.3. The zero-order valence-electron chi connectivity index (χ0n) is 26.1. The summed E-state index contributed by atoms with van der Waals surface area (Å²) in [5.74, 6) is -1.35. The van der Waals surface area contributed by atoms with E-state index >= 15 is 0 Å². The van der Waals surface area contributed by atoms with Gasteiger partial charge in [-0.2, -0.15) is 0 Å². The average Bonchev–Trinajstić information content (AvgIpc) is 2.98. The number of likely N-dealkylation sites (N-methyl/N-ethyl adjacent to an activating group) is 1. The van der Waals surface area contributed by atoms with Gasteiger partial charge in [-0.1, -0.05) is 6.92 Å². The fraction of sp³-hybridized carbons (Fsp3) is 0.545. The van der Waals surface area contributed by atoms with Gasteiger partial charge in [0.2, 0.25) is 6.41 Å². The molecule has 0 spiro atoms. The monoisotopic (exact) mass is 595 g/mol. The summed E-state index contributed by atoms with van der Waals surface area (Å²) in [4.78, 5) is 46.4. The van der Waals surface area contributed by atoms with Crippen LogP contribution >= 0.6 is 0 Å². The fourth-order valence-corrected chi connectivity index (χ4v) is 6.32. The second kappa shape index (κ2) is 14.3. The van der Waals surface area contributed by atoms with Crippen LogP contribution < -0.4 is 9.80 Å². The van der Waals surface area contributed by atoms with Gasteiger partial charge in [0.1, 0.15) is 5.82 Å². The van der Waals surface area contributed by atoms with E-state index in [0.29, 0.717) is 36.0 Å². The van der Waals surface area contributed by atoms with E-state index in [0.717, 1.165) is 76.0 Å². The van der Waals surface area contributed by atoms with Crippen LogP contribution in [0.15, 0.2) is 36.4 Å². The van der Waals surface area contributed by atoms with Crippen LogP contribution in [0.1, 0.15) is 59.4 Å². The highest BCUT2D eigenvalue weighted by molar-refractivity contribution is 6.01. The van der Waals surface area contributed by atoms with Gasteiger partial charge in [0.05, 0.1) is 11.3 Å². The van der Waals surface area contributed by atoms with E-state index < -0.39 is 11.8 Å². The van der Waals surface area contributed by atoms with Crippen molar-refractivity contribution >= 4 is 29.7 Å². The van der Waals surface area contributed by atoms with Crippen LogP contribution in [-0.2, 0) is 4.79 Å². The van der Waals surface area contributed by atoms with Gasteiger partial charge in [-0.05, 0) is 95.1 Å². The number of carboxylic acids is 1. The molecule has 2 saturated heterocycles. The van der Waals surface area contributed by atoms with E-state index in [1.807, 2.05) is 37.8 Å². The van der Waals surface area contributed by atoms with E-state index in [2.05, 4.69) is 34.9 Å². The molecule has 2 aliphatic rings. The second-order valence-corrected chi connectivity index (χ2v) is 12.3. The number of amides is 2. The highest BCUT2D eigenvalue weighted by atomic mass is 19.1. The van der Waals surface area contributed by atoms with E-state index in [1.54, 1.807) is 6.07 Å². The van der Waals surface area contributed by atoms with Crippen molar-refractivity contribution in [2.45, 2.75) is 52.1 Å². The number of aromatic carboxylic acids is 1. The summed E-state index contributed by atoms with van der Waals surface area (Å²) in [5.41, 5.74) is 2.95. The maximum absolute atomic E-state index is 14.6. The van der Waals surface area contributed by atoms with E-state index in [9.17, 15) is 18.8 Å². The summed E-state index contributed by atoms with van der Waals surface area (Å²) in [6.45, 7) is 11.9. The topological polar surface area (TPSA) is 87.6 Å². The molecule has 10 heteroatoms. The van der Waals surface area contributed by atoms with Crippen molar-refractivity contribution in [1.82, 2.24) is 14.7 Å². The first kappa shape index (κ1) is 32.4. The Morgan fingerprint density at radius 2 is 1.79 bits per heavy atom. The minimum absolute atomic E-state index is 0.0343. The van der Waals surface area contributed by atoms with Gasteiger partial charge in [-0.3, -0.25) is 19.4 Å². The van der Waals surface area contributed by atoms with Gasteiger partial charge >= 0.3 is 5.97 Å². The molecule has 0 radical (unpaired) electrons. The average molecular weight is 596 g/mol. The van der Waals surface area contributed by atoms with Crippen molar-refractivity contribution in [3.8, 4) is 0 Å². The van der Waals surface area contributed by atoms with E-state index in [4.69, 9.17) is 5.11 Å². The molecule has 2 unspecified atom stereocenters. The summed E-state index contributed by atoms with van der Waals surface area (Å²) in [6, 6.07) is 10.3. The number of piperazine rings is 1. The Hall–Kier alpha value is -3.50. The van der Waals surface area contributed by atoms with Crippen LogP contribution in [0.5, 0.6) is 0 Å². The number of carbonyl (C=O) groups excluding carboxylic acids is 2. The Kier molecular flexibility index (Phi) is 10.8. The van der Waals surface area contributed by atoms with Crippen LogP contribution in [0.3, 0.4) is 0 Å². The number of imide groups is 1. The standard InChI is InChI=1S/C33H46FN5O4/c1-6-24(3)39(22-40)32(41)29-9-8-27(17-23(29)2)38-16-15-37(28(21-38)20-35(4)5)19-25-11-13-36(14-12-25)31-10-7-26(33(42)43)18-30(31)34/h7-10,17-18,22,24-25,28H,6,11-16,19-21H2,1-5H3,(H,42,43). The minimum Gasteiger partial charge on any atom is -0.478 e. The normalized spacial score (nSPS) is 19.0. The number of piperidine rings is 1. The van der Waals surface area contributed by atoms with Gasteiger partial charge in [0.15, 0.2) is 0 Å². The number of rotatable bonds is 11. The number of aryl methyl sites for hydroxylation is 1. The van der Waals surface area contributed by atoms with Crippen LogP contribution in [0.4, 0.5) is 15.8 Å². The lowest BCUT2D eigenvalue weighted by Gasteiger charge is -2.45. The summed E-state index contributed by atoms with van der Waals surface area (Å²) < 4.78 is 14.6. The lowest BCUT2D eigenvalue weighted by Crippen LogP contribution is -2.58. The molecule has 2 aromatic carbocycles. The molecule has 2 fully saturated rings. The molecule has 0 aromatic heterocycles. The van der Waals surface area contributed by atoms with Gasteiger partial charge in [0, 0.05) is 69.1 Å². The minimum atomic E-state index is -1.12. The smallest absolute Gasteiger partial charge is 0.335 e. The number of hydrogen-bond donors (Lipinski definition) is 1. The van der Waals surface area contributed by atoms with Gasteiger partial charge in [-0.15, -0.1) is 0 Å². The summed E-state index contributed by atoms with van der Waals surface area (Å²) in [7, 11) is 4.20. The Balaban J connectivity index is 1.38. The Labute approximate surface area is 254 Å². The number of halogens is 1. The predicted molar refractivity (Wildman–Crippen MR) is 168 cm³/mol. The maximum atomic E-state index is 14.6. The third-order valence-electron chi connectivity index (χ3n) is 9.04. The quantitative estimate of drug-likeness (QED) is 0.387. The first-order valence-electron chi connectivity index (χ1n) is 15.3. The molecule has 2 aliphatic heterocycles. The number of anilines is 2.